The van der Waals surface area contributed by atoms with Crippen molar-refractivity contribution in [1.29, 1.82) is 0 Å². The third-order valence-electron chi connectivity index (χ3n) is 4.68. The smallest absolute Gasteiger partial charge is 0.407 e. The Balaban J connectivity index is 1.50. The van der Waals surface area contributed by atoms with E-state index in [1.54, 1.807) is 17.4 Å². The summed E-state index contributed by atoms with van der Waals surface area (Å²) >= 11 is 7.86. The van der Waals surface area contributed by atoms with Crippen molar-refractivity contribution in [1.82, 2.24) is 10.2 Å². The van der Waals surface area contributed by atoms with Crippen molar-refractivity contribution in [3.63, 3.8) is 0 Å². The molecule has 1 fully saturated rings. The molecule has 0 atom stereocenters. The van der Waals surface area contributed by atoms with E-state index in [0.717, 1.165) is 15.3 Å². The summed E-state index contributed by atoms with van der Waals surface area (Å²) in [6.45, 7) is 6.74. The van der Waals surface area contributed by atoms with Gasteiger partial charge in [0.15, 0.2) is 0 Å². The van der Waals surface area contributed by atoms with Gasteiger partial charge in [0.25, 0.3) is 0 Å². The lowest BCUT2D eigenvalue weighted by molar-refractivity contribution is -0.127. The summed E-state index contributed by atoms with van der Waals surface area (Å²) < 4.78 is 5.29. The molecular formula is C23H27ClN2O3S. The molecule has 2 aromatic rings. The van der Waals surface area contributed by atoms with Gasteiger partial charge in [-0.05, 0) is 57.9 Å². The summed E-state index contributed by atoms with van der Waals surface area (Å²) in [7, 11) is 0. The predicted molar refractivity (Wildman–Crippen MR) is 123 cm³/mol. The molecule has 0 unspecified atom stereocenters. The van der Waals surface area contributed by atoms with E-state index in [4.69, 9.17) is 16.3 Å². The number of rotatable bonds is 4. The van der Waals surface area contributed by atoms with Crippen LogP contribution >= 0.6 is 22.9 Å². The highest BCUT2D eigenvalue weighted by Gasteiger charge is 2.25. The van der Waals surface area contributed by atoms with E-state index in [0.29, 0.717) is 31.0 Å². The van der Waals surface area contributed by atoms with Crippen molar-refractivity contribution in [3.05, 3.63) is 52.4 Å². The summed E-state index contributed by atoms with van der Waals surface area (Å²) in [4.78, 5) is 28.3. The summed E-state index contributed by atoms with van der Waals surface area (Å²) in [6, 6.07) is 11.8. The molecule has 5 nitrogen and oxygen atoms in total. The van der Waals surface area contributed by atoms with Crippen molar-refractivity contribution in [2.24, 2.45) is 0 Å². The highest BCUT2D eigenvalue weighted by molar-refractivity contribution is 7.16. The fourth-order valence-corrected chi connectivity index (χ4v) is 4.47. The van der Waals surface area contributed by atoms with Gasteiger partial charge >= 0.3 is 6.09 Å². The van der Waals surface area contributed by atoms with Crippen molar-refractivity contribution >= 4 is 41.0 Å². The Morgan fingerprint density at radius 1 is 1.17 bits per heavy atom. The number of thiophene rings is 1. The van der Waals surface area contributed by atoms with Gasteiger partial charge in [0.1, 0.15) is 5.60 Å². The van der Waals surface area contributed by atoms with Crippen molar-refractivity contribution in [2.45, 2.75) is 45.3 Å². The molecule has 0 aliphatic carbocycles. The maximum absolute atomic E-state index is 12.5. The molecule has 30 heavy (non-hydrogen) atoms. The Morgan fingerprint density at radius 2 is 1.87 bits per heavy atom. The van der Waals surface area contributed by atoms with Crippen LogP contribution in [0.3, 0.4) is 0 Å². The van der Waals surface area contributed by atoms with Crippen LogP contribution in [-0.2, 0) is 9.53 Å². The largest absolute Gasteiger partial charge is 0.444 e. The third kappa shape index (κ3) is 6.34. The Kier molecular flexibility index (Phi) is 7.21. The maximum Gasteiger partial charge on any atom is 0.407 e. The first-order valence-corrected chi connectivity index (χ1v) is 11.2. The van der Waals surface area contributed by atoms with Crippen LogP contribution in [-0.4, -0.2) is 41.6 Å². The number of ether oxygens (including phenoxy) is 1. The topological polar surface area (TPSA) is 58.6 Å². The summed E-state index contributed by atoms with van der Waals surface area (Å²) in [5, 5.41) is 3.61. The minimum atomic E-state index is -0.515. The zero-order chi connectivity index (χ0) is 21.7. The summed E-state index contributed by atoms with van der Waals surface area (Å²) in [6.07, 6.45) is 4.49. The van der Waals surface area contributed by atoms with Crippen LogP contribution in [0.15, 0.2) is 42.5 Å². The second-order valence-electron chi connectivity index (χ2n) is 8.26. The predicted octanol–water partition coefficient (Wildman–Crippen LogP) is 5.60. The SMILES string of the molecule is CC(C)(C)OC(=O)NC1CCN(C(=O)/C=C/c2ccc(-c3ccccc3Cl)s2)CC1. The Labute approximate surface area is 186 Å². The normalized spacial score (nSPS) is 15.4. The second-order valence-corrected chi connectivity index (χ2v) is 9.78. The van der Waals surface area contributed by atoms with E-state index >= 15 is 0 Å². The molecule has 0 radical (unpaired) electrons. The number of hydrogen-bond acceptors (Lipinski definition) is 4. The zero-order valence-electron chi connectivity index (χ0n) is 17.5. The average molecular weight is 447 g/mol. The molecule has 160 valence electrons. The molecule has 1 saturated heterocycles. The highest BCUT2D eigenvalue weighted by atomic mass is 35.5. The van der Waals surface area contributed by atoms with Crippen LogP contribution in [0.1, 0.15) is 38.5 Å². The van der Waals surface area contributed by atoms with Crippen LogP contribution in [0, 0.1) is 0 Å². The molecule has 1 aliphatic heterocycles. The number of alkyl carbamates (subject to hydrolysis) is 1. The number of benzene rings is 1. The number of piperidine rings is 1. The van der Waals surface area contributed by atoms with Crippen molar-refractivity contribution in [2.75, 3.05) is 13.1 Å². The first kappa shape index (κ1) is 22.4. The van der Waals surface area contributed by atoms with Gasteiger partial charge in [-0.15, -0.1) is 11.3 Å². The third-order valence-corrected chi connectivity index (χ3v) is 6.10. The van der Waals surface area contributed by atoms with Crippen LogP contribution < -0.4 is 5.32 Å². The minimum absolute atomic E-state index is 0.0154. The van der Waals surface area contributed by atoms with E-state index in [2.05, 4.69) is 5.32 Å². The summed E-state index contributed by atoms with van der Waals surface area (Å²) in [5.74, 6) is -0.0154. The number of nitrogens with zero attached hydrogens (tertiary/aromatic N) is 1. The van der Waals surface area contributed by atoms with Crippen LogP contribution in [0.4, 0.5) is 4.79 Å². The molecule has 1 aromatic heterocycles. The lowest BCUT2D eigenvalue weighted by Gasteiger charge is -2.32. The van der Waals surface area contributed by atoms with Crippen LogP contribution in [0.25, 0.3) is 16.5 Å². The molecule has 2 amide bonds. The first-order chi connectivity index (χ1) is 14.2. The number of hydrogen-bond donors (Lipinski definition) is 1. The van der Waals surface area contributed by atoms with E-state index in [9.17, 15) is 9.59 Å². The number of nitrogens with one attached hydrogen (secondary N) is 1. The molecule has 0 saturated carbocycles. The van der Waals surface area contributed by atoms with Gasteiger partial charge in [-0.25, -0.2) is 4.79 Å². The van der Waals surface area contributed by atoms with Gasteiger partial charge < -0.3 is 15.0 Å². The van der Waals surface area contributed by atoms with Gasteiger partial charge in [0.2, 0.25) is 5.91 Å². The zero-order valence-corrected chi connectivity index (χ0v) is 19.1. The van der Waals surface area contributed by atoms with E-state index in [1.165, 1.54) is 0 Å². The molecule has 1 N–H and O–H groups in total. The minimum Gasteiger partial charge on any atom is -0.444 e. The van der Waals surface area contributed by atoms with E-state index in [-0.39, 0.29) is 11.9 Å². The lowest BCUT2D eigenvalue weighted by Crippen LogP contribution is -2.47. The van der Waals surface area contributed by atoms with Gasteiger partial charge in [-0.3, -0.25) is 4.79 Å². The number of carbonyl (C=O) groups is 2. The van der Waals surface area contributed by atoms with Gasteiger partial charge in [-0.1, -0.05) is 29.8 Å². The lowest BCUT2D eigenvalue weighted by atomic mass is 10.1. The van der Waals surface area contributed by atoms with Gasteiger partial charge in [0.05, 0.1) is 0 Å². The number of halogens is 1. The van der Waals surface area contributed by atoms with Crippen LogP contribution in [0.2, 0.25) is 5.02 Å². The van der Waals surface area contributed by atoms with Gasteiger partial charge in [0, 0.05) is 45.5 Å². The Morgan fingerprint density at radius 3 is 2.53 bits per heavy atom. The van der Waals surface area contributed by atoms with Crippen molar-refractivity contribution in [3.8, 4) is 10.4 Å². The maximum atomic E-state index is 12.5. The second kappa shape index (κ2) is 9.67. The fraction of sp³-hybridized carbons (Fsp3) is 0.391. The first-order valence-electron chi connectivity index (χ1n) is 10.0. The monoisotopic (exact) mass is 446 g/mol. The molecule has 0 bridgehead atoms. The molecule has 3 rings (SSSR count). The summed E-state index contributed by atoms with van der Waals surface area (Å²) in [5.41, 5.74) is 0.480. The van der Waals surface area contributed by atoms with E-state index < -0.39 is 11.7 Å². The Hall–Kier alpha value is -2.31. The fourth-order valence-electron chi connectivity index (χ4n) is 3.23. The van der Waals surface area contributed by atoms with Crippen LogP contribution in [0.5, 0.6) is 0 Å². The van der Waals surface area contributed by atoms with Gasteiger partial charge in [-0.2, -0.15) is 0 Å². The molecule has 1 aromatic carbocycles. The molecule has 2 heterocycles. The molecule has 1 aliphatic rings. The van der Waals surface area contributed by atoms with Crippen molar-refractivity contribution < 1.29 is 14.3 Å². The molecule has 0 spiro atoms. The molecular weight excluding hydrogens is 420 g/mol. The average Bonchev–Trinajstić information content (AvgIpc) is 3.14. The highest BCUT2D eigenvalue weighted by Crippen LogP contribution is 2.33. The number of likely N-dealkylation sites (tertiary alicyclic amines) is 1. The van der Waals surface area contributed by atoms with E-state index in [1.807, 2.05) is 68.1 Å². The molecule has 7 heteroatoms. The quantitative estimate of drug-likeness (QED) is 0.622. The number of carbonyl (C=O) groups excluding carboxylic acids is 2. The number of amides is 2. The Bertz CT molecular complexity index is 925. The standard InChI is InChI=1S/C23H27ClN2O3S/c1-23(2,3)29-22(28)25-16-12-14-26(15-13-16)21(27)11-9-17-8-10-20(30-17)18-6-4-5-7-19(18)24/h4-11,16H,12-15H2,1-3H3,(H,25,28)/b11-9+.